The average Bonchev–Trinajstić information content (AvgIpc) is 3.19. The van der Waals surface area contributed by atoms with Gasteiger partial charge < -0.3 is 16.4 Å². The number of hydrogen-bond donors (Lipinski definition) is 3. The van der Waals surface area contributed by atoms with E-state index < -0.39 is 0 Å². The predicted molar refractivity (Wildman–Crippen MR) is 70.1 cm³/mol. The van der Waals surface area contributed by atoms with Gasteiger partial charge in [0.15, 0.2) is 5.96 Å². The van der Waals surface area contributed by atoms with Gasteiger partial charge in [0, 0.05) is 12.7 Å². The number of pyridine rings is 1. The molecular formula is C12H17N5O. The van der Waals surface area contributed by atoms with Crippen molar-refractivity contribution >= 4 is 17.7 Å². The van der Waals surface area contributed by atoms with Crippen LogP contribution in [-0.4, -0.2) is 29.9 Å². The summed E-state index contributed by atoms with van der Waals surface area (Å²) in [4.78, 5) is 19.4. The number of nitrogens with one attached hydrogen (secondary N) is 2. The lowest BCUT2D eigenvalue weighted by molar-refractivity contribution is -0.119. The molecule has 1 saturated carbocycles. The Hall–Kier alpha value is -2.11. The molecule has 6 heteroatoms. The Kier molecular flexibility index (Phi) is 4.11. The number of carbonyl (C=O) groups excluding carboxylic acids is 1. The zero-order valence-corrected chi connectivity index (χ0v) is 10.1. The van der Waals surface area contributed by atoms with E-state index in [4.69, 9.17) is 5.73 Å². The minimum Gasteiger partial charge on any atom is -0.370 e. The summed E-state index contributed by atoms with van der Waals surface area (Å²) >= 11 is 0. The molecule has 0 aromatic carbocycles. The van der Waals surface area contributed by atoms with Crippen LogP contribution in [0.5, 0.6) is 0 Å². The topological polar surface area (TPSA) is 92.4 Å². The molecule has 1 fully saturated rings. The third kappa shape index (κ3) is 4.40. The summed E-state index contributed by atoms with van der Waals surface area (Å²) in [7, 11) is 0. The maximum absolute atomic E-state index is 11.4. The summed E-state index contributed by atoms with van der Waals surface area (Å²) in [6.45, 7) is 0.792. The minimum absolute atomic E-state index is 0.0401. The van der Waals surface area contributed by atoms with Gasteiger partial charge in [-0.25, -0.2) is 9.98 Å². The average molecular weight is 247 g/mol. The molecule has 96 valence electrons. The van der Waals surface area contributed by atoms with Crippen LogP contribution in [0.2, 0.25) is 0 Å². The molecule has 0 spiro atoms. The number of nitrogens with two attached hydrogens (primary N) is 1. The Morgan fingerprint density at radius 2 is 2.33 bits per heavy atom. The third-order valence-electron chi connectivity index (χ3n) is 2.60. The van der Waals surface area contributed by atoms with Crippen molar-refractivity contribution in [2.24, 2.45) is 16.6 Å². The number of guanidine groups is 1. The number of rotatable bonds is 5. The van der Waals surface area contributed by atoms with Gasteiger partial charge in [-0.05, 0) is 30.9 Å². The van der Waals surface area contributed by atoms with E-state index in [1.807, 2.05) is 12.1 Å². The van der Waals surface area contributed by atoms with Crippen LogP contribution in [0.4, 0.5) is 5.82 Å². The van der Waals surface area contributed by atoms with Gasteiger partial charge in [-0.3, -0.25) is 4.79 Å². The van der Waals surface area contributed by atoms with Gasteiger partial charge in [0.25, 0.3) is 0 Å². The van der Waals surface area contributed by atoms with Crippen LogP contribution in [-0.2, 0) is 4.79 Å². The second-order valence-electron chi connectivity index (χ2n) is 4.29. The lowest BCUT2D eigenvalue weighted by Crippen LogP contribution is -2.30. The van der Waals surface area contributed by atoms with Crippen molar-refractivity contribution < 1.29 is 4.79 Å². The highest BCUT2D eigenvalue weighted by molar-refractivity contribution is 5.93. The van der Waals surface area contributed by atoms with Crippen molar-refractivity contribution in [3.05, 3.63) is 24.4 Å². The first-order valence-corrected chi connectivity index (χ1v) is 5.98. The molecule has 0 radical (unpaired) electrons. The number of amides is 1. The van der Waals surface area contributed by atoms with E-state index >= 15 is 0 Å². The highest BCUT2D eigenvalue weighted by Gasteiger charge is 2.21. The van der Waals surface area contributed by atoms with E-state index in [2.05, 4.69) is 20.6 Å². The predicted octanol–water partition coefficient (Wildman–Crippen LogP) is 0.334. The Bertz CT molecular complexity index is 427. The second kappa shape index (κ2) is 6.00. The molecular weight excluding hydrogens is 230 g/mol. The fraction of sp³-hybridized carbons (Fsp3) is 0.417. The van der Waals surface area contributed by atoms with Gasteiger partial charge >= 0.3 is 0 Å². The van der Waals surface area contributed by atoms with Crippen LogP contribution >= 0.6 is 0 Å². The zero-order valence-electron chi connectivity index (χ0n) is 10.1. The third-order valence-corrected chi connectivity index (χ3v) is 2.60. The smallest absolute Gasteiger partial charge is 0.241 e. The van der Waals surface area contributed by atoms with Gasteiger partial charge in [0.2, 0.25) is 5.91 Å². The molecule has 1 aliphatic rings. The summed E-state index contributed by atoms with van der Waals surface area (Å²) in [5, 5.41) is 5.63. The number of nitrogens with zero attached hydrogens (tertiary/aromatic N) is 2. The molecule has 0 atom stereocenters. The zero-order chi connectivity index (χ0) is 12.8. The monoisotopic (exact) mass is 247 g/mol. The van der Waals surface area contributed by atoms with Crippen molar-refractivity contribution in [2.75, 3.05) is 18.4 Å². The van der Waals surface area contributed by atoms with E-state index in [1.165, 1.54) is 12.8 Å². The van der Waals surface area contributed by atoms with Gasteiger partial charge in [-0.1, -0.05) is 6.07 Å². The largest absolute Gasteiger partial charge is 0.370 e. The van der Waals surface area contributed by atoms with Crippen molar-refractivity contribution in [3.8, 4) is 0 Å². The van der Waals surface area contributed by atoms with E-state index in [0.29, 0.717) is 11.7 Å². The molecule has 1 amide bonds. The van der Waals surface area contributed by atoms with E-state index in [1.54, 1.807) is 12.3 Å². The van der Waals surface area contributed by atoms with Crippen molar-refractivity contribution in [2.45, 2.75) is 12.8 Å². The van der Waals surface area contributed by atoms with Crippen LogP contribution in [0, 0.1) is 5.92 Å². The molecule has 1 heterocycles. The summed E-state index contributed by atoms with van der Waals surface area (Å²) in [6, 6.07) is 5.42. The first kappa shape index (κ1) is 12.3. The maximum Gasteiger partial charge on any atom is 0.241 e. The van der Waals surface area contributed by atoms with E-state index in [-0.39, 0.29) is 18.4 Å². The maximum atomic E-state index is 11.4. The number of hydrogen-bond acceptors (Lipinski definition) is 3. The SMILES string of the molecule is NC(=NCC(=O)NCC1CC1)Nc1ccccn1. The van der Waals surface area contributed by atoms with Crippen LogP contribution in [0.1, 0.15) is 12.8 Å². The molecule has 18 heavy (non-hydrogen) atoms. The molecule has 1 aliphatic carbocycles. The lowest BCUT2D eigenvalue weighted by Gasteiger charge is -2.04. The Morgan fingerprint density at radius 1 is 1.50 bits per heavy atom. The number of anilines is 1. The van der Waals surface area contributed by atoms with Crippen LogP contribution < -0.4 is 16.4 Å². The minimum atomic E-state index is -0.104. The number of aromatic nitrogens is 1. The van der Waals surface area contributed by atoms with Crippen LogP contribution in [0.3, 0.4) is 0 Å². The van der Waals surface area contributed by atoms with Crippen molar-refractivity contribution in [3.63, 3.8) is 0 Å². The number of aliphatic imine (C=N–C) groups is 1. The summed E-state index contributed by atoms with van der Waals surface area (Å²) in [5.41, 5.74) is 5.64. The molecule has 4 N–H and O–H groups in total. The highest BCUT2D eigenvalue weighted by atomic mass is 16.1. The summed E-state index contributed by atoms with van der Waals surface area (Å²) in [6.07, 6.45) is 4.08. The van der Waals surface area contributed by atoms with Gasteiger partial charge in [0.05, 0.1) is 0 Å². The molecule has 6 nitrogen and oxygen atoms in total. The molecule has 0 unspecified atom stereocenters. The van der Waals surface area contributed by atoms with Crippen LogP contribution in [0.15, 0.2) is 29.4 Å². The Labute approximate surface area is 106 Å². The first-order chi connectivity index (χ1) is 8.74. The van der Waals surface area contributed by atoms with Crippen molar-refractivity contribution in [1.82, 2.24) is 10.3 Å². The van der Waals surface area contributed by atoms with Gasteiger partial charge in [-0.2, -0.15) is 0 Å². The molecule has 0 saturated heterocycles. The molecule has 2 rings (SSSR count). The molecule has 1 aromatic heterocycles. The molecule has 1 aromatic rings. The Morgan fingerprint density at radius 3 is 3.00 bits per heavy atom. The highest BCUT2D eigenvalue weighted by Crippen LogP contribution is 2.27. The normalized spacial score (nSPS) is 15.2. The summed E-state index contributed by atoms with van der Waals surface area (Å²) in [5.74, 6) is 1.36. The number of carbonyl (C=O) groups is 1. The fourth-order valence-electron chi connectivity index (χ4n) is 1.40. The van der Waals surface area contributed by atoms with Gasteiger partial charge in [-0.15, -0.1) is 0 Å². The Balaban J connectivity index is 1.72. The molecule has 0 bridgehead atoms. The first-order valence-electron chi connectivity index (χ1n) is 5.98. The van der Waals surface area contributed by atoms with E-state index in [0.717, 1.165) is 6.54 Å². The van der Waals surface area contributed by atoms with E-state index in [9.17, 15) is 4.79 Å². The lowest BCUT2D eigenvalue weighted by atomic mass is 10.4. The van der Waals surface area contributed by atoms with Crippen molar-refractivity contribution in [1.29, 1.82) is 0 Å². The van der Waals surface area contributed by atoms with Gasteiger partial charge in [0.1, 0.15) is 12.4 Å². The molecule has 0 aliphatic heterocycles. The quantitative estimate of drug-likeness (QED) is 0.516. The summed E-state index contributed by atoms with van der Waals surface area (Å²) < 4.78 is 0. The van der Waals surface area contributed by atoms with Crippen LogP contribution in [0.25, 0.3) is 0 Å². The standard InChI is InChI=1S/C12H17N5O/c13-12(17-10-3-1-2-6-14-10)16-8-11(18)15-7-9-4-5-9/h1-3,6,9H,4-5,7-8H2,(H,15,18)(H3,13,14,16,17). The second-order valence-corrected chi connectivity index (χ2v) is 4.29. The fourth-order valence-corrected chi connectivity index (χ4v) is 1.40.